The molecule has 0 amide bonds. The first-order valence-electron chi connectivity index (χ1n) is 7.07. The van der Waals surface area contributed by atoms with Gasteiger partial charge in [-0.25, -0.2) is 17.9 Å². The highest BCUT2D eigenvalue weighted by Gasteiger charge is 2.12. The summed E-state index contributed by atoms with van der Waals surface area (Å²) in [6.07, 6.45) is 1.35. The van der Waals surface area contributed by atoms with Crippen LogP contribution in [0.1, 0.15) is 21.6 Å². The number of esters is 1. The number of carbonyl (C=O) groups is 1. The van der Waals surface area contributed by atoms with Crippen molar-refractivity contribution in [3.63, 3.8) is 0 Å². The molecule has 128 valence electrons. The Hall–Kier alpha value is -2.45. The van der Waals surface area contributed by atoms with E-state index in [1.807, 2.05) is 0 Å². The first kappa shape index (κ1) is 17.9. The quantitative estimate of drug-likeness (QED) is 0.761. The molecule has 0 saturated heterocycles. The van der Waals surface area contributed by atoms with Crippen LogP contribution in [0.2, 0.25) is 0 Å². The Morgan fingerprint density at radius 1 is 1.12 bits per heavy atom. The van der Waals surface area contributed by atoms with Crippen molar-refractivity contribution in [3.05, 3.63) is 59.4 Å². The van der Waals surface area contributed by atoms with Gasteiger partial charge >= 0.3 is 5.97 Å². The largest absolute Gasteiger partial charge is 0.497 e. The predicted molar refractivity (Wildman–Crippen MR) is 88.0 cm³/mol. The number of hydrogen-bond acceptors (Lipinski definition) is 6. The van der Waals surface area contributed by atoms with E-state index < -0.39 is 16.0 Å². The number of pyridine rings is 1. The lowest BCUT2D eigenvalue weighted by Gasteiger charge is -2.07. The molecule has 24 heavy (non-hydrogen) atoms. The van der Waals surface area contributed by atoms with Crippen LogP contribution in [-0.4, -0.2) is 33.6 Å². The molecule has 2 aromatic rings. The van der Waals surface area contributed by atoms with Gasteiger partial charge in [-0.2, -0.15) is 0 Å². The molecule has 0 bridgehead atoms. The second kappa shape index (κ2) is 7.89. The van der Waals surface area contributed by atoms with Crippen molar-refractivity contribution >= 4 is 16.0 Å². The van der Waals surface area contributed by atoms with Gasteiger partial charge in [-0.1, -0.05) is 12.1 Å². The van der Waals surface area contributed by atoms with Crippen LogP contribution in [0, 0.1) is 0 Å². The van der Waals surface area contributed by atoms with E-state index in [9.17, 15) is 13.2 Å². The number of hydrogen-bond donors (Lipinski definition) is 1. The topological polar surface area (TPSA) is 94.6 Å². The van der Waals surface area contributed by atoms with Gasteiger partial charge in [0.15, 0.2) is 0 Å². The smallest absolute Gasteiger partial charge is 0.339 e. The summed E-state index contributed by atoms with van der Waals surface area (Å²) >= 11 is 0. The van der Waals surface area contributed by atoms with E-state index in [0.717, 1.165) is 0 Å². The van der Waals surface area contributed by atoms with Crippen LogP contribution < -0.4 is 9.46 Å². The first-order chi connectivity index (χ1) is 11.4. The van der Waals surface area contributed by atoms with Crippen LogP contribution in [0.25, 0.3) is 0 Å². The summed E-state index contributed by atoms with van der Waals surface area (Å²) in [5, 5.41) is 0. The van der Waals surface area contributed by atoms with Crippen LogP contribution in [0.15, 0.2) is 42.6 Å². The average molecular weight is 350 g/mol. The van der Waals surface area contributed by atoms with Crippen molar-refractivity contribution in [2.75, 3.05) is 14.2 Å². The lowest BCUT2D eigenvalue weighted by Crippen LogP contribution is -2.25. The molecular weight excluding hydrogens is 332 g/mol. The minimum Gasteiger partial charge on any atom is -0.497 e. The third-order valence-electron chi connectivity index (χ3n) is 3.23. The normalized spacial score (nSPS) is 11.1. The van der Waals surface area contributed by atoms with E-state index in [2.05, 4.69) is 14.4 Å². The summed E-state index contributed by atoms with van der Waals surface area (Å²) in [6.45, 7) is 0.0416. The molecule has 1 heterocycles. The Bertz CT molecular complexity index is 786. The van der Waals surface area contributed by atoms with Gasteiger partial charge in [0.2, 0.25) is 10.0 Å². The molecule has 1 aromatic heterocycles. The van der Waals surface area contributed by atoms with Gasteiger partial charge in [-0.15, -0.1) is 0 Å². The molecule has 8 heteroatoms. The van der Waals surface area contributed by atoms with Gasteiger partial charge in [-0.05, 0) is 29.8 Å². The number of benzene rings is 1. The van der Waals surface area contributed by atoms with Crippen LogP contribution in [-0.2, 0) is 27.1 Å². The van der Waals surface area contributed by atoms with Crippen molar-refractivity contribution in [2.45, 2.75) is 12.3 Å². The molecule has 0 aliphatic rings. The Morgan fingerprint density at radius 2 is 1.83 bits per heavy atom. The van der Waals surface area contributed by atoms with E-state index in [1.165, 1.54) is 19.4 Å². The summed E-state index contributed by atoms with van der Waals surface area (Å²) in [5.74, 6) is 0.0326. The van der Waals surface area contributed by atoms with E-state index in [0.29, 0.717) is 22.6 Å². The van der Waals surface area contributed by atoms with Crippen LogP contribution in [0.5, 0.6) is 5.75 Å². The maximum absolute atomic E-state index is 12.1. The summed E-state index contributed by atoms with van der Waals surface area (Å²) in [7, 11) is -0.677. The minimum atomic E-state index is -3.51. The fourth-order valence-corrected chi connectivity index (χ4v) is 3.04. The summed E-state index contributed by atoms with van der Waals surface area (Å²) < 4.78 is 36.3. The fraction of sp³-hybridized carbons (Fsp3) is 0.250. The lowest BCUT2D eigenvalue weighted by molar-refractivity contribution is 0.0600. The number of sulfonamides is 1. The number of rotatable bonds is 7. The molecule has 1 N–H and O–H groups in total. The summed E-state index contributed by atoms with van der Waals surface area (Å²) in [4.78, 5) is 15.3. The van der Waals surface area contributed by atoms with Gasteiger partial charge in [0.1, 0.15) is 5.75 Å². The molecule has 2 rings (SSSR count). The van der Waals surface area contributed by atoms with Crippen LogP contribution in [0.3, 0.4) is 0 Å². The minimum absolute atomic E-state index is 0.0416. The molecule has 0 aliphatic heterocycles. The zero-order valence-electron chi connectivity index (χ0n) is 13.4. The number of nitrogens with one attached hydrogen (secondary N) is 1. The molecule has 0 radical (unpaired) electrons. The molecule has 7 nitrogen and oxygen atoms in total. The standard InChI is InChI=1S/C16H18N2O5S/c1-22-15-7-3-12(4-8-15)11-24(20,21)18-10-14-6-5-13(9-17-14)16(19)23-2/h3-9,18H,10-11H2,1-2H3. The van der Waals surface area contributed by atoms with E-state index in [4.69, 9.17) is 4.74 Å². The van der Waals surface area contributed by atoms with Crippen molar-refractivity contribution in [1.82, 2.24) is 9.71 Å². The SMILES string of the molecule is COC(=O)c1ccc(CNS(=O)(=O)Cc2ccc(OC)cc2)nc1. The molecule has 0 atom stereocenters. The lowest BCUT2D eigenvalue weighted by atomic mass is 10.2. The second-order valence-corrected chi connectivity index (χ2v) is 6.76. The van der Waals surface area contributed by atoms with Gasteiger partial charge in [0, 0.05) is 6.20 Å². The maximum atomic E-state index is 12.1. The van der Waals surface area contributed by atoms with Crippen molar-refractivity contribution in [3.8, 4) is 5.75 Å². The fourth-order valence-electron chi connectivity index (χ4n) is 1.94. The Morgan fingerprint density at radius 3 is 2.38 bits per heavy atom. The average Bonchev–Trinajstić information content (AvgIpc) is 2.60. The molecule has 0 unspecified atom stereocenters. The molecule has 0 aliphatic carbocycles. The number of ether oxygens (including phenoxy) is 2. The van der Waals surface area contributed by atoms with Gasteiger partial charge < -0.3 is 9.47 Å². The van der Waals surface area contributed by atoms with Crippen molar-refractivity contribution < 1.29 is 22.7 Å². The Balaban J connectivity index is 1.95. The van der Waals surface area contributed by atoms with E-state index in [1.54, 1.807) is 37.4 Å². The van der Waals surface area contributed by atoms with Crippen LogP contribution in [0.4, 0.5) is 0 Å². The molecule has 0 spiro atoms. The molecular formula is C16H18N2O5S. The predicted octanol–water partition coefficient (Wildman–Crippen LogP) is 1.50. The highest BCUT2D eigenvalue weighted by Crippen LogP contribution is 2.13. The number of carbonyl (C=O) groups excluding carboxylic acids is 1. The molecule has 1 aromatic carbocycles. The zero-order chi connectivity index (χ0) is 17.6. The Labute approximate surface area is 140 Å². The third kappa shape index (κ3) is 5.04. The van der Waals surface area contributed by atoms with Gasteiger partial charge in [0.05, 0.1) is 37.8 Å². The maximum Gasteiger partial charge on any atom is 0.339 e. The number of aromatic nitrogens is 1. The first-order valence-corrected chi connectivity index (χ1v) is 8.72. The van der Waals surface area contributed by atoms with Gasteiger partial charge in [-0.3, -0.25) is 4.98 Å². The molecule has 0 fully saturated rings. The zero-order valence-corrected chi connectivity index (χ0v) is 14.2. The second-order valence-electron chi connectivity index (χ2n) is 4.96. The third-order valence-corrected chi connectivity index (χ3v) is 4.53. The van der Waals surface area contributed by atoms with Crippen LogP contribution >= 0.6 is 0 Å². The highest BCUT2D eigenvalue weighted by atomic mass is 32.2. The number of nitrogens with zero attached hydrogens (tertiary/aromatic N) is 1. The molecule has 0 saturated carbocycles. The highest BCUT2D eigenvalue weighted by molar-refractivity contribution is 7.88. The van der Waals surface area contributed by atoms with Crippen molar-refractivity contribution in [2.24, 2.45) is 0 Å². The van der Waals surface area contributed by atoms with E-state index >= 15 is 0 Å². The number of methoxy groups -OCH3 is 2. The van der Waals surface area contributed by atoms with E-state index in [-0.39, 0.29) is 12.3 Å². The summed E-state index contributed by atoms with van der Waals surface area (Å²) in [5.41, 5.74) is 1.46. The summed E-state index contributed by atoms with van der Waals surface area (Å²) in [6, 6.07) is 9.91. The monoisotopic (exact) mass is 350 g/mol. The Kier molecular flexibility index (Phi) is 5.88. The van der Waals surface area contributed by atoms with Crippen molar-refractivity contribution in [1.29, 1.82) is 0 Å². The van der Waals surface area contributed by atoms with Gasteiger partial charge in [0.25, 0.3) is 0 Å².